The zero-order valence-corrected chi connectivity index (χ0v) is 13.3. The molecule has 1 N–H and O–H groups in total. The fraction of sp³-hybridized carbons (Fsp3) is 0.812. The molecule has 114 valence electrons. The molecule has 4 nitrogen and oxygen atoms in total. The molecule has 20 heavy (non-hydrogen) atoms. The highest BCUT2D eigenvalue weighted by atomic mass is 15.3. The minimum absolute atomic E-state index is 0.503. The highest BCUT2D eigenvalue weighted by molar-refractivity contribution is 4.99. The lowest BCUT2D eigenvalue weighted by molar-refractivity contribution is 0.211. The molecule has 1 fully saturated rings. The average molecular weight is 278 g/mol. The van der Waals surface area contributed by atoms with E-state index in [9.17, 15) is 0 Å². The van der Waals surface area contributed by atoms with Crippen molar-refractivity contribution in [1.29, 1.82) is 0 Å². The van der Waals surface area contributed by atoms with Gasteiger partial charge in [0, 0.05) is 18.8 Å². The van der Waals surface area contributed by atoms with Crippen LogP contribution in [0.25, 0.3) is 0 Å². The summed E-state index contributed by atoms with van der Waals surface area (Å²) in [7, 11) is 2.22. The van der Waals surface area contributed by atoms with Gasteiger partial charge in [-0.3, -0.25) is 4.68 Å². The van der Waals surface area contributed by atoms with E-state index < -0.39 is 0 Å². The van der Waals surface area contributed by atoms with E-state index in [0.717, 1.165) is 31.1 Å². The van der Waals surface area contributed by atoms with Gasteiger partial charge in [-0.1, -0.05) is 6.92 Å². The standard InChI is InChI=1S/C16H30N4/c1-4-14(2)20-12-8-16(18-20)13-17-9-5-15-6-10-19(3)11-7-15/h8,12,14-15,17H,4-7,9-11,13H2,1-3H3. The van der Waals surface area contributed by atoms with E-state index in [0.29, 0.717) is 6.04 Å². The molecule has 2 rings (SSSR count). The zero-order valence-electron chi connectivity index (χ0n) is 13.3. The number of rotatable bonds is 7. The summed E-state index contributed by atoms with van der Waals surface area (Å²) in [5.74, 6) is 0.913. The third-order valence-corrected chi connectivity index (χ3v) is 4.58. The lowest BCUT2D eigenvalue weighted by atomic mass is 9.94. The highest BCUT2D eigenvalue weighted by Crippen LogP contribution is 2.18. The van der Waals surface area contributed by atoms with Crippen LogP contribution in [0.15, 0.2) is 12.3 Å². The number of aromatic nitrogens is 2. The number of likely N-dealkylation sites (tertiary alicyclic amines) is 1. The number of piperidine rings is 1. The second kappa shape index (κ2) is 7.79. The summed E-state index contributed by atoms with van der Waals surface area (Å²) < 4.78 is 2.08. The maximum absolute atomic E-state index is 4.62. The Bertz CT molecular complexity index is 380. The monoisotopic (exact) mass is 278 g/mol. The molecule has 0 aromatic carbocycles. The van der Waals surface area contributed by atoms with E-state index in [1.54, 1.807) is 0 Å². The first-order valence-electron chi connectivity index (χ1n) is 8.12. The molecule has 2 heterocycles. The first-order chi connectivity index (χ1) is 9.69. The molecule has 1 saturated heterocycles. The quantitative estimate of drug-likeness (QED) is 0.779. The van der Waals surface area contributed by atoms with Gasteiger partial charge in [-0.2, -0.15) is 5.10 Å². The SMILES string of the molecule is CCC(C)n1ccc(CNCCC2CCN(C)CC2)n1. The first-order valence-corrected chi connectivity index (χ1v) is 8.12. The van der Waals surface area contributed by atoms with Crippen molar-refractivity contribution >= 4 is 0 Å². The van der Waals surface area contributed by atoms with Gasteiger partial charge in [0.05, 0.1) is 5.69 Å². The maximum atomic E-state index is 4.62. The lowest BCUT2D eigenvalue weighted by Crippen LogP contribution is -2.31. The molecule has 0 amide bonds. The number of hydrogen-bond donors (Lipinski definition) is 1. The summed E-state index contributed by atoms with van der Waals surface area (Å²) >= 11 is 0. The van der Waals surface area contributed by atoms with Crippen molar-refractivity contribution in [3.63, 3.8) is 0 Å². The lowest BCUT2D eigenvalue weighted by Gasteiger charge is -2.28. The van der Waals surface area contributed by atoms with Gasteiger partial charge in [0.1, 0.15) is 0 Å². The summed E-state index contributed by atoms with van der Waals surface area (Å²) in [6.07, 6.45) is 7.26. The summed E-state index contributed by atoms with van der Waals surface area (Å²) in [6, 6.07) is 2.64. The van der Waals surface area contributed by atoms with Gasteiger partial charge < -0.3 is 10.2 Å². The minimum atomic E-state index is 0.503. The Balaban J connectivity index is 1.62. The largest absolute Gasteiger partial charge is 0.311 e. The predicted molar refractivity (Wildman–Crippen MR) is 83.8 cm³/mol. The van der Waals surface area contributed by atoms with Gasteiger partial charge in [-0.05, 0) is 71.3 Å². The molecule has 1 aliphatic rings. The van der Waals surface area contributed by atoms with Crippen LogP contribution in [0.2, 0.25) is 0 Å². The van der Waals surface area contributed by atoms with E-state index in [1.807, 2.05) is 0 Å². The Kier molecular flexibility index (Phi) is 6.05. The topological polar surface area (TPSA) is 33.1 Å². The van der Waals surface area contributed by atoms with Crippen molar-refractivity contribution in [3.05, 3.63) is 18.0 Å². The van der Waals surface area contributed by atoms with Crippen LogP contribution in [0.5, 0.6) is 0 Å². The van der Waals surface area contributed by atoms with Crippen LogP contribution < -0.4 is 5.32 Å². The molecule has 1 unspecified atom stereocenters. The molecule has 1 aromatic heterocycles. The average Bonchev–Trinajstić information content (AvgIpc) is 2.93. The van der Waals surface area contributed by atoms with Crippen molar-refractivity contribution in [1.82, 2.24) is 20.0 Å². The predicted octanol–water partition coefficient (Wildman–Crippen LogP) is 2.68. The number of hydrogen-bond acceptors (Lipinski definition) is 3. The molecular weight excluding hydrogens is 248 g/mol. The number of nitrogens with zero attached hydrogens (tertiary/aromatic N) is 3. The zero-order chi connectivity index (χ0) is 14.4. The van der Waals surface area contributed by atoms with Crippen LogP contribution in [0.3, 0.4) is 0 Å². The van der Waals surface area contributed by atoms with Crippen molar-refractivity contribution in [2.45, 2.75) is 52.1 Å². The Morgan fingerprint density at radius 2 is 2.15 bits per heavy atom. The number of nitrogens with one attached hydrogen (secondary N) is 1. The van der Waals surface area contributed by atoms with Gasteiger partial charge in [-0.15, -0.1) is 0 Å². The molecule has 0 saturated carbocycles. The van der Waals surface area contributed by atoms with Crippen LogP contribution in [0.1, 0.15) is 51.3 Å². The molecule has 1 atom stereocenters. The Morgan fingerprint density at radius 3 is 2.85 bits per heavy atom. The molecule has 0 spiro atoms. The van der Waals surface area contributed by atoms with Crippen molar-refractivity contribution in [3.8, 4) is 0 Å². The van der Waals surface area contributed by atoms with E-state index in [-0.39, 0.29) is 0 Å². The van der Waals surface area contributed by atoms with Crippen LogP contribution in [0, 0.1) is 5.92 Å². The van der Waals surface area contributed by atoms with Gasteiger partial charge in [-0.25, -0.2) is 0 Å². The second-order valence-electron chi connectivity index (χ2n) is 6.26. The minimum Gasteiger partial charge on any atom is -0.311 e. The van der Waals surface area contributed by atoms with Crippen LogP contribution in [-0.2, 0) is 6.54 Å². The molecule has 0 radical (unpaired) electrons. The highest BCUT2D eigenvalue weighted by Gasteiger charge is 2.15. The fourth-order valence-electron chi connectivity index (χ4n) is 2.78. The Morgan fingerprint density at radius 1 is 1.40 bits per heavy atom. The summed E-state index contributed by atoms with van der Waals surface area (Å²) in [5.41, 5.74) is 1.16. The normalized spacial score (nSPS) is 19.4. The fourth-order valence-corrected chi connectivity index (χ4v) is 2.78. The van der Waals surface area contributed by atoms with E-state index in [1.165, 1.54) is 32.4 Å². The van der Waals surface area contributed by atoms with E-state index in [2.05, 4.69) is 53.2 Å². The molecule has 4 heteroatoms. The Labute approximate surface area is 123 Å². The molecular formula is C16H30N4. The second-order valence-corrected chi connectivity index (χ2v) is 6.26. The first kappa shape index (κ1) is 15.5. The summed E-state index contributed by atoms with van der Waals surface area (Å²) in [4.78, 5) is 2.44. The van der Waals surface area contributed by atoms with Crippen LogP contribution in [0.4, 0.5) is 0 Å². The van der Waals surface area contributed by atoms with Crippen LogP contribution >= 0.6 is 0 Å². The van der Waals surface area contributed by atoms with Crippen LogP contribution in [-0.4, -0.2) is 41.4 Å². The summed E-state index contributed by atoms with van der Waals surface area (Å²) in [5, 5.41) is 8.16. The van der Waals surface area contributed by atoms with Gasteiger partial charge in [0.25, 0.3) is 0 Å². The van der Waals surface area contributed by atoms with Gasteiger partial charge in [0.2, 0.25) is 0 Å². The van der Waals surface area contributed by atoms with Gasteiger partial charge >= 0.3 is 0 Å². The third kappa shape index (κ3) is 4.60. The molecule has 1 aliphatic heterocycles. The van der Waals surface area contributed by atoms with Crippen molar-refractivity contribution < 1.29 is 0 Å². The molecule has 1 aromatic rings. The molecule has 0 aliphatic carbocycles. The summed E-state index contributed by atoms with van der Waals surface area (Å²) in [6.45, 7) is 8.96. The Hall–Kier alpha value is -0.870. The molecule has 0 bridgehead atoms. The van der Waals surface area contributed by atoms with E-state index >= 15 is 0 Å². The third-order valence-electron chi connectivity index (χ3n) is 4.58. The van der Waals surface area contributed by atoms with Crippen molar-refractivity contribution in [2.24, 2.45) is 5.92 Å². The van der Waals surface area contributed by atoms with E-state index in [4.69, 9.17) is 0 Å². The van der Waals surface area contributed by atoms with Gasteiger partial charge in [0.15, 0.2) is 0 Å². The smallest absolute Gasteiger partial charge is 0.0762 e. The van der Waals surface area contributed by atoms with Crippen molar-refractivity contribution in [2.75, 3.05) is 26.7 Å². The maximum Gasteiger partial charge on any atom is 0.0762 e.